The average Bonchev–Trinajstić information content (AvgIpc) is 2.65. The van der Waals surface area contributed by atoms with Crippen LogP contribution >= 0.6 is 0 Å². The van der Waals surface area contributed by atoms with E-state index in [9.17, 15) is 9.59 Å². The van der Waals surface area contributed by atoms with E-state index in [1.165, 1.54) is 24.0 Å². The van der Waals surface area contributed by atoms with Crippen molar-refractivity contribution < 1.29 is 9.59 Å². The molecule has 1 aliphatic carbocycles. The minimum Gasteiger partial charge on any atom is -0.338 e. The Labute approximate surface area is 144 Å². The number of carbonyl (C=O) groups excluding carboxylic acids is 2. The Morgan fingerprint density at radius 3 is 2.62 bits per heavy atom. The van der Waals surface area contributed by atoms with Crippen molar-refractivity contribution in [1.29, 1.82) is 0 Å². The average molecular weight is 328 g/mol. The molecule has 24 heavy (non-hydrogen) atoms. The molecule has 0 saturated carbocycles. The highest BCUT2D eigenvalue weighted by atomic mass is 16.2. The van der Waals surface area contributed by atoms with E-state index >= 15 is 0 Å². The summed E-state index contributed by atoms with van der Waals surface area (Å²) in [5.74, 6) is 0.162. The second-order valence-electron chi connectivity index (χ2n) is 7.09. The van der Waals surface area contributed by atoms with Gasteiger partial charge in [0.15, 0.2) is 5.78 Å². The maximum absolute atomic E-state index is 12.5. The molecule has 1 saturated heterocycles. The van der Waals surface area contributed by atoms with Gasteiger partial charge in [0, 0.05) is 37.5 Å². The Morgan fingerprint density at radius 2 is 1.83 bits per heavy atom. The fourth-order valence-electron chi connectivity index (χ4n) is 3.99. The number of hydrogen-bond donors (Lipinski definition) is 1. The van der Waals surface area contributed by atoms with Crippen LogP contribution < -0.4 is 5.73 Å². The number of amides is 1. The first-order valence-electron chi connectivity index (χ1n) is 9.33. The van der Waals surface area contributed by atoms with Gasteiger partial charge >= 0.3 is 0 Å². The lowest BCUT2D eigenvalue weighted by Crippen LogP contribution is -2.47. The standard InChI is InChI=1S/C20H28N2O2/c21-14-18-7-3-4-12-22(18)20(24)11-10-19(23)17-9-8-15-5-1-2-6-16(15)13-17/h8-9,13,18H,1-7,10-12,14,21H2. The molecule has 3 rings (SSSR count). The molecule has 1 amide bonds. The molecule has 0 spiro atoms. The van der Waals surface area contributed by atoms with Gasteiger partial charge in [-0.05, 0) is 62.1 Å². The van der Waals surface area contributed by atoms with E-state index in [2.05, 4.69) is 6.07 Å². The van der Waals surface area contributed by atoms with Gasteiger partial charge in [0.05, 0.1) is 0 Å². The SMILES string of the molecule is NCC1CCCCN1C(=O)CCC(=O)c1ccc2c(c1)CCCC2. The van der Waals surface area contributed by atoms with Crippen LogP contribution in [0, 0.1) is 0 Å². The zero-order chi connectivity index (χ0) is 16.9. The molecule has 2 aliphatic rings. The van der Waals surface area contributed by atoms with E-state index in [1.807, 2.05) is 17.0 Å². The lowest BCUT2D eigenvalue weighted by atomic mass is 9.89. The molecule has 1 unspecified atom stereocenters. The van der Waals surface area contributed by atoms with Crippen molar-refractivity contribution in [1.82, 2.24) is 4.90 Å². The third kappa shape index (κ3) is 3.86. The Balaban J connectivity index is 1.58. The number of aryl methyl sites for hydroxylation is 2. The van der Waals surface area contributed by atoms with Gasteiger partial charge in [-0.2, -0.15) is 0 Å². The molecule has 1 aromatic carbocycles. The third-order valence-electron chi connectivity index (χ3n) is 5.46. The Hall–Kier alpha value is -1.68. The van der Waals surface area contributed by atoms with E-state index in [4.69, 9.17) is 5.73 Å². The van der Waals surface area contributed by atoms with Gasteiger partial charge in [0.1, 0.15) is 0 Å². The van der Waals surface area contributed by atoms with Crippen LogP contribution in [0.4, 0.5) is 0 Å². The van der Waals surface area contributed by atoms with Gasteiger partial charge in [-0.15, -0.1) is 0 Å². The molecule has 0 bridgehead atoms. The third-order valence-corrected chi connectivity index (χ3v) is 5.46. The lowest BCUT2D eigenvalue weighted by molar-refractivity contribution is -0.134. The fourth-order valence-corrected chi connectivity index (χ4v) is 3.99. The van der Waals surface area contributed by atoms with Crippen LogP contribution in [0.2, 0.25) is 0 Å². The van der Waals surface area contributed by atoms with Crippen LogP contribution in [-0.2, 0) is 17.6 Å². The zero-order valence-electron chi connectivity index (χ0n) is 14.4. The summed E-state index contributed by atoms with van der Waals surface area (Å²) in [4.78, 5) is 26.8. The van der Waals surface area contributed by atoms with Crippen molar-refractivity contribution in [3.05, 3.63) is 34.9 Å². The summed E-state index contributed by atoms with van der Waals surface area (Å²) in [5, 5.41) is 0. The van der Waals surface area contributed by atoms with Crippen LogP contribution in [0.25, 0.3) is 0 Å². The highest BCUT2D eigenvalue weighted by Crippen LogP contribution is 2.23. The zero-order valence-corrected chi connectivity index (χ0v) is 14.4. The number of benzene rings is 1. The first kappa shape index (κ1) is 17.2. The van der Waals surface area contributed by atoms with Gasteiger partial charge in [-0.25, -0.2) is 0 Å². The quantitative estimate of drug-likeness (QED) is 0.845. The number of likely N-dealkylation sites (tertiary alicyclic amines) is 1. The smallest absolute Gasteiger partial charge is 0.223 e. The minimum absolute atomic E-state index is 0.0801. The Morgan fingerprint density at radius 1 is 1.04 bits per heavy atom. The van der Waals surface area contributed by atoms with E-state index in [1.54, 1.807) is 0 Å². The van der Waals surface area contributed by atoms with Gasteiger partial charge in [-0.1, -0.05) is 12.1 Å². The highest BCUT2D eigenvalue weighted by Gasteiger charge is 2.25. The normalized spacial score (nSPS) is 20.5. The summed E-state index contributed by atoms with van der Waals surface area (Å²) in [6.45, 7) is 1.30. The first-order chi connectivity index (χ1) is 11.7. The van der Waals surface area contributed by atoms with Crippen LogP contribution in [-0.4, -0.2) is 35.7 Å². The Kier molecular flexibility index (Phi) is 5.67. The first-order valence-corrected chi connectivity index (χ1v) is 9.33. The molecule has 0 aromatic heterocycles. The van der Waals surface area contributed by atoms with Crippen LogP contribution in [0.3, 0.4) is 0 Å². The molecule has 0 radical (unpaired) electrons. The maximum atomic E-state index is 12.5. The minimum atomic E-state index is 0.0801. The molecule has 1 atom stereocenters. The van der Waals surface area contributed by atoms with Crippen molar-refractivity contribution >= 4 is 11.7 Å². The molecule has 1 fully saturated rings. The number of nitrogens with two attached hydrogens (primary N) is 1. The molecular formula is C20H28N2O2. The van der Waals surface area contributed by atoms with Gasteiger partial charge in [0.25, 0.3) is 0 Å². The van der Waals surface area contributed by atoms with E-state index in [0.29, 0.717) is 19.4 Å². The fraction of sp³-hybridized carbons (Fsp3) is 0.600. The van der Waals surface area contributed by atoms with Crippen LogP contribution in [0.15, 0.2) is 18.2 Å². The second-order valence-corrected chi connectivity index (χ2v) is 7.09. The van der Waals surface area contributed by atoms with Crippen molar-refractivity contribution in [2.24, 2.45) is 5.73 Å². The lowest BCUT2D eigenvalue weighted by Gasteiger charge is -2.35. The van der Waals surface area contributed by atoms with Crippen molar-refractivity contribution in [3.8, 4) is 0 Å². The molecular weight excluding hydrogens is 300 g/mol. The van der Waals surface area contributed by atoms with E-state index in [0.717, 1.165) is 44.2 Å². The van der Waals surface area contributed by atoms with Crippen LogP contribution in [0.1, 0.15) is 66.4 Å². The summed E-state index contributed by atoms with van der Waals surface area (Å²) in [7, 11) is 0. The van der Waals surface area contributed by atoms with Gasteiger partial charge in [0.2, 0.25) is 5.91 Å². The van der Waals surface area contributed by atoms with Gasteiger partial charge < -0.3 is 10.6 Å². The molecule has 2 N–H and O–H groups in total. The number of nitrogens with zero attached hydrogens (tertiary/aromatic N) is 1. The topological polar surface area (TPSA) is 63.4 Å². The van der Waals surface area contributed by atoms with Crippen LogP contribution in [0.5, 0.6) is 0 Å². The maximum Gasteiger partial charge on any atom is 0.223 e. The van der Waals surface area contributed by atoms with E-state index in [-0.39, 0.29) is 17.7 Å². The number of Topliss-reactive ketones (excluding diaryl/α,β-unsaturated/α-hetero) is 1. The number of piperidine rings is 1. The molecule has 1 heterocycles. The Bertz CT molecular complexity index is 612. The molecule has 4 nitrogen and oxygen atoms in total. The summed E-state index contributed by atoms with van der Waals surface area (Å²) in [6.07, 6.45) is 8.41. The number of rotatable bonds is 5. The van der Waals surface area contributed by atoms with Crippen molar-refractivity contribution in [2.45, 2.75) is 63.8 Å². The predicted octanol–water partition coefficient (Wildman–Crippen LogP) is 2.87. The van der Waals surface area contributed by atoms with Crippen molar-refractivity contribution in [3.63, 3.8) is 0 Å². The molecule has 1 aromatic rings. The second kappa shape index (κ2) is 7.93. The number of carbonyl (C=O) groups is 2. The number of hydrogen-bond acceptors (Lipinski definition) is 3. The summed E-state index contributed by atoms with van der Waals surface area (Å²) < 4.78 is 0. The van der Waals surface area contributed by atoms with E-state index < -0.39 is 0 Å². The molecule has 4 heteroatoms. The largest absolute Gasteiger partial charge is 0.338 e. The summed E-state index contributed by atoms with van der Waals surface area (Å²) in [6, 6.07) is 6.23. The molecule has 130 valence electrons. The van der Waals surface area contributed by atoms with Gasteiger partial charge in [-0.3, -0.25) is 9.59 Å². The summed E-state index contributed by atoms with van der Waals surface area (Å²) in [5.41, 5.74) is 9.24. The number of fused-ring (bicyclic) bond motifs is 1. The highest BCUT2D eigenvalue weighted by molar-refractivity contribution is 5.98. The summed E-state index contributed by atoms with van der Waals surface area (Å²) >= 11 is 0. The monoisotopic (exact) mass is 328 g/mol. The van der Waals surface area contributed by atoms with Crippen molar-refractivity contribution in [2.75, 3.05) is 13.1 Å². The number of ketones is 1. The predicted molar refractivity (Wildman–Crippen MR) is 95.1 cm³/mol. The molecule has 1 aliphatic heterocycles.